The standard InChI is InChI=1S/C28H32O12/c1-9-14(29)4-5-18(38-9)40-16-8-15-20-23(28(16,36)11(3)39-15)27(35)22-21(26(20)34)24(32)13-6-12(7-17(30)31)37-10(2)19(13)25(22)33/h9-12,14-16,18,29,34-36H,4-8H2,1-3H3,(H,30,31)/t9-,10-,11?,12?,14-,15?,16?,18-,28?/m0/s1. The first-order valence-corrected chi connectivity index (χ1v) is 13.5. The molecule has 12 heteroatoms. The summed E-state index contributed by atoms with van der Waals surface area (Å²) in [6, 6.07) is 0. The lowest BCUT2D eigenvalue weighted by Crippen LogP contribution is -2.60. The van der Waals surface area contributed by atoms with E-state index >= 15 is 0 Å². The molecule has 1 aromatic rings. The Hall–Kier alpha value is -2.87. The van der Waals surface area contributed by atoms with Crippen LogP contribution in [0.2, 0.25) is 0 Å². The number of fused-ring (bicyclic) bond motifs is 3. The molecule has 2 saturated heterocycles. The van der Waals surface area contributed by atoms with E-state index in [-0.39, 0.29) is 41.5 Å². The maximum absolute atomic E-state index is 13.8. The summed E-state index contributed by atoms with van der Waals surface area (Å²) in [5, 5.41) is 54.3. The first-order valence-electron chi connectivity index (χ1n) is 13.5. The number of ketones is 2. The van der Waals surface area contributed by atoms with Gasteiger partial charge in [-0.05, 0) is 27.2 Å². The number of aliphatic hydroxyl groups is 2. The molecule has 5 unspecified atom stereocenters. The molecule has 4 heterocycles. The van der Waals surface area contributed by atoms with Crippen molar-refractivity contribution in [3.05, 3.63) is 33.4 Å². The first-order chi connectivity index (χ1) is 18.8. The van der Waals surface area contributed by atoms with Crippen molar-refractivity contribution in [3.63, 3.8) is 0 Å². The normalized spacial score (nSPS) is 38.6. The number of carbonyl (C=O) groups excluding carboxylic acids is 2. The van der Waals surface area contributed by atoms with Gasteiger partial charge >= 0.3 is 5.97 Å². The van der Waals surface area contributed by atoms with E-state index in [1.54, 1.807) is 13.8 Å². The van der Waals surface area contributed by atoms with Gasteiger partial charge in [-0.15, -0.1) is 0 Å². The number of Topliss-reactive ketones (excluding diaryl/α,β-unsaturated/α-hetero) is 2. The SMILES string of the molecule is CC1OC2CC(O[C@H]3CC[C@H](O)[C@H](C)O3)C1(O)c1c(O)c3c(c(O)c12)C(=O)C1=C(C3=O)[C@H](C)OC(CC(=O)O)C1. The van der Waals surface area contributed by atoms with Crippen molar-refractivity contribution in [2.75, 3.05) is 0 Å². The van der Waals surface area contributed by atoms with E-state index in [9.17, 15) is 39.9 Å². The lowest BCUT2D eigenvalue weighted by Gasteiger charge is -2.54. The molecule has 5 N–H and O–H groups in total. The minimum Gasteiger partial charge on any atom is -0.507 e. The van der Waals surface area contributed by atoms with Crippen molar-refractivity contribution in [1.29, 1.82) is 0 Å². The molecule has 216 valence electrons. The summed E-state index contributed by atoms with van der Waals surface area (Å²) in [7, 11) is 0. The third kappa shape index (κ3) is 3.77. The molecule has 0 aromatic heterocycles. The van der Waals surface area contributed by atoms with Crippen molar-refractivity contribution in [3.8, 4) is 11.5 Å². The molecular formula is C28H32O12. The van der Waals surface area contributed by atoms with Crippen LogP contribution in [-0.2, 0) is 29.3 Å². The lowest BCUT2D eigenvalue weighted by molar-refractivity contribution is -0.311. The van der Waals surface area contributed by atoms with Gasteiger partial charge in [0.2, 0.25) is 0 Å². The summed E-state index contributed by atoms with van der Waals surface area (Å²) >= 11 is 0. The van der Waals surface area contributed by atoms with Crippen molar-refractivity contribution in [2.24, 2.45) is 0 Å². The fourth-order valence-corrected chi connectivity index (χ4v) is 7.00. The largest absolute Gasteiger partial charge is 0.507 e. The Morgan fingerprint density at radius 2 is 1.73 bits per heavy atom. The van der Waals surface area contributed by atoms with Crippen LogP contribution in [0.3, 0.4) is 0 Å². The van der Waals surface area contributed by atoms with Gasteiger partial charge in [-0.2, -0.15) is 0 Å². The molecule has 0 spiro atoms. The smallest absolute Gasteiger partial charge is 0.305 e. The van der Waals surface area contributed by atoms with Gasteiger partial charge in [-0.3, -0.25) is 14.4 Å². The van der Waals surface area contributed by atoms with Gasteiger partial charge in [0.15, 0.2) is 17.9 Å². The Kier molecular flexibility index (Phi) is 6.37. The third-order valence-electron chi connectivity index (χ3n) is 8.97. The molecule has 7 rings (SSSR count). The number of carboxylic acid groups (broad SMARTS) is 1. The van der Waals surface area contributed by atoms with Crippen LogP contribution in [-0.4, -0.2) is 86.0 Å². The number of rotatable bonds is 4. The van der Waals surface area contributed by atoms with Crippen LogP contribution < -0.4 is 0 Å². The predicted octanol–water partition coefficient (Wildman–Crippen LogP) is 1.75. The van der Waals surface area contributed by atoms with Crippen molar-refractivity contribution in [2.45, 2.75) is 107 Å². The Balaban J connectivity index is 1.44. The zero-order valence-corrected chi connectivity index (χ0v) is 22.2. The lowest BCUT2D eigenvalue weighted by atomic mass is 9.66. The highest BCUT2D eigenvalue weighted by Gasteiger charge is 2.61. The van der Waals surface area contributed by atoms with Gasteiger partial charge in [-0.1, -0.05) is 0 Å². The average molecular weight is 561 g/mol. The van der Waals surface area contributed by atoms with Gasteiger partial charge in [-0.25, -0.2) is 0 Å². The van der Waals surface area contributed by atoms with Crippen LogP contribution in [0.4, 0.5) is 0 Å². The second kappa shape index (κ2) is 9.33. The van der Waals surface area contributed by atoms with E-state index in [1.165, 1.54) is 6.92 Å². The number of phenolic OH excluding ortho intramolecular Hbond substituents is 2. The highest BCUT2D eigenvalue weighted by atomic mass is 16.7. The molecule has 9 atom stereocenters. The van der Waals surface area contributed by atoms with Crippen molar-refractivity contribution < 1.29 is 58.9 Å². The predicted molar refractivity (Wildman–Crippen MR) is 133 cm³/mol. The van der Waals surface area contributed by atoms with Crippen LogP contribution in [0, 0.1) is 0 Å². The Bertz CT molecular complexity index is 1350. The monoisotopic (exact) mass is 560 g/mol. The molecule has 1 aromatic carbocycles. The van der Waals surface area contributed by atoms with E-state index in [0.717, 1.165) is 0 Å². The highest BCUT2D eigenvalue weighted by molar-refractivity contribution is 6.29. The number of carbonyl (C=O) groups is 3. The van der Waals surface area contributed by atoms with E-state index in [0.29, 0.717) is 12.8 Å². The molecule has 0 amide bonds. The van der Waals surface area contributed by atoms with Crippen LogP contribution in [0.25, 0.3) is 0 Å². The number of benzene rings is 1. The quantitative estimate of drug-likeness (QED) is 0.336. The molecule has 2 bridgehead atoms. The number of aliphatic carboxylic acids is 1. The van der Waals surface area contributed by atoms with E-state index in [4.69, 9.17) is 18.9 Å². The third-order valence-corrected chi connectivity index (χ3v) is 8.97. The molecule has 40 heavy (non-hydrogen) atoms. The Morgan fingerprint density at radius 3 is 2.40 bits per heavy atom. The topological polar surface area (TPSA) is 189 Å². The fourth-order valence-electron chi connectivity index (χ4n) is 7.00. The van der Waals surface area contributed by atoms with E-state index < -0.39 is 94.8 Å². The van der Waals surface area contributed by atoms with Crippen LogP contribution in [0.1, 0.15) is 90.8 Å². The average Bonchev–Trinajstić information content (AvgIpc) is 2.87. The van der Waals surface area contributed by atoms with Gasteiger partial charge in [0.05, 0.1) is 60.3 Å². The van der Waals surface area contributed by atoms with Crippen molar-refractivity contribution in [1.82, 2.24) is 0 Å². The highest BCUT2D eigenvalue weighted by Crippen LogP contribution is 2.60. The van der Waals surface area contributed by atoms with Crippen LogP contribution in [0.15, 0.2) is 11.1 Å². The molecule has 0 radical (unpaired) electrons. The summed E-state index contributed by atoms with van der Waals surface area (Å²) < 4.78 is 23.6. The van der Waals surface area contributed by atoms with Crippen LogP contribution >= 0.6 is 0 Å². The number of phenols is 2. The fraction of sp³-hybridized carbons (Fsp3) is 0.607. The molecule has 2 fully saturated rings. The second-order valence-corrected chi connectivity index (χ2v) is 11.4. The number of hydrogen-bond acceptors (Lipinski definition) is 11. The number of hydrogen-bond donors (Lipinski definition) is 5. The minimum atomic E-state index is -2.01. The zero-order chi connectivity index (χ0) is 28.8. The summed E-state index contributed by atoms with van der Waals surface area (Å²) in [5.74, 6) is -3.78. The maximum atomic E-state index is 13.8. The van der Waals surface area contributed by atoms with Gasteiger partial charge in [0, 0.05) is 41.5 Å². The first kappa shape index (κ1) is 27.3. The van der Waals surface area contributed by atoms with Gasteiger partial charge < -0.3 is 44.5 Å². The molecule has 4 aliphatic heterocycles. The number of aromatic hydroxyl groups is 2. The minimum absolute atomic E-state index is 0.0115. The number of aliphatic hydroxyl groups excluding tert-OH is 1. The molecular weight excluding hydrogens is 528 g/mol. The summed E-state index contributed by atoms with van der Waals surface area (Å²) in [6.45, 7) is 4.82. The number of ether oxygens (including phenoxy) is 4. The summed E-state index contributed by atoms with van der Waals surface area (Å²) in [5.41, 5.74) is -2.94. The van der Waals surface area contributed by atoms with Crippen LogP contribution in [0.5, 0.6) is 11.5 Å². The van der Waals surface area contributed by atoms with E-state index in [1.807, 2.05) is 0 Å². The van der Waals surface area contributed by atoms with E-state index in [2.05, 4.69) is 0 Å². The number of carboxylic acids is 1. The molecule has 12 nitrogen and oxygen atoms in total. The Labute approximate surface area is 229 Å². The maximum Gasteiger partial charge on any atom is 0.305 e. The van der Waals surface area contributed by atoms with Gasteiger partial charge in [0.1, 0.15) is 17.1 Å². The summed E-state index contributed by atoms with van der Waals surface area (Å²) in [4.78, 5) is 38.8. The second-order valence-electron chi connectivity index (χ2n) is 11.4. The molecule has 2 aliphatic carbocycles. The van der Waals surface area contributed by atoms with Crippen molar-refractivity contribution >= 4 is 17.5 Å². The zero-order valence-electron chi connectivity index (χ0n) is 22.2. The Morgan fingerprint density at radius 1 is 1.02 bits per heavy atom. The van der Waals surface area contributed by atoms with Gasteiger partial charge in [0.25, 0.3) is 0 Å². The molecule has 6 aliphatic rings. The summed E-state index contributed by atoms with van der Waals surface area (Å²) in [6.07, 6.45) is -6.05. The molecule has 0 saturated carbocycles.